The first-order valence-electron chi connectivity index (χ1n) is 7.61. The van der Waals surface area contributed by atoms with Gasteiger partial charge in [-0.1, -0.05) is 56.0 Å². The van der Waals surface area contributed by atoms with Crippen LogP contribution in [0.1, 0.15) is 25.0 Å². The maximum absolute atomic E-state index is 11.2. The average molecular weight is 294 g/mol. The van der Waals surface area contributed by atoms with E-state index in [9.17, 15) is 5.11 Å². The van der Waals surface area contributed by atoms with Crippen molar-refractivity contribution in [3.05, 3.63) is 66.0 Å². The Labute approximate surface area is 132 Å². The minimum atomic E-state index is -1.31. The van der Waals surface area contributed by atoms with Crippen molar-refractivity contribution in [1.29, 1.82) is 0 Å². The molecule has 3 heteroatoms. The molecule has 0 saturated heterocycles. The number of rotatable bonds is 5. The fourth-order valence-electron chi connectivity index (χ4n) is 2.31. The van der Waals surface area contributed by atoms with Gasteiger partial charge in [0.1, 0.15) is 0 Å². The monoisotopic (exact) mass is 294 g/mol. The van der Waals surface area contributed by atoms with Crippen molar-refractivity contribution in [2.75, 3.05) is 19.6 Å². The van der Waals surface area contributed by atoms with E-state index in [0.717, 1.165) is 24.2 Å². The van der Waals surface area contributed by atoms with Gasteiger partial charge in [-0.15, -0.1) is 0 Å². The first kappa shape index (κ1) is 16.2. The Hall–Kier alpha value is -2.15. The van der Waals surface area contributed by atoms with E-state index < -0.39 is 5.60 Å². The highest BCUT2D eigenvalue weighted by Crippen LogP contribution is 2.28. The van der Waals surface area contributed by atoms with Gasteiger partial charge < -0.3 is 5.11 Å². The third-order valence-corrected chi connectivity index (χ3v) is 3.76. The molecule has 0 aliphatic rings. The Bertz CT molecular complexity index is 585. The number of nitrogens with zero attached hydrogens (tertiary/aromatic N) is 2. The molecule has 2 rings (SSSR count). The van der Waals surface area contributed by atoms with Gasteiger partial charge in [-0.3, -0.25) is 9.88 Å². The maximum Gasteiger partial charge on any atom is 0.177 e. The summed E-state index contributed by atoms with van der Waals surface area (Å²) in [7, 11) is 0. The topological polar surface area (TPSA) is 36.4 Å². The lowest BCUT2D eigenvalue weighted by Gasteiger charge is -2.23. The SMILES string of the molecule is CCN(CC)CC#CC(O)(c1ccccc1)c1ccncc1. The van der Waals surface area contributed by atoms with Gasteiger partial charge in [0.05, 0.1) is 6.54 Å². The zero-order valence-corrected chi connectivity index (χ0v) is 13.2. The van der Waals surface area contributed by atoms with Gasteiger partial charge in [-0.25, -0.2) is 0 Å². The van der Waals surface area contributed by atoms with Gasteiger partial charge in [-0.2, -0.15) is 0 Å². The van der Waals surface area contributed by atoms with E-state index in [1.807, 2.05) is 30.3 Å². The minimum absolute atomic E-state index is 0.646. The Balaban J connectivity index is 2.38. The Morgan fingerprint density at radius 1 is 1.00 bits per heavy atom. The smallest absolute Gasteiger partial charge is 0.177 e. The summed E-state index contributed by atoms with van der Waals surface area (Å²) in [5, 5.41) is 11.2. The first-order chi connectivity index (χ1) is 10.7. The molecule has 1 atom stereocenters. The highest BCUT2D eigenvalue weighted by Gasteiger charge is 2.29. The predicted molar refractivity (Wildman–Crippen MR) is 89.2 cm³/mol. The van der Waals surface area contributed by atoms with Gasteiger partial charge in [0, 0.05) is 23.5 Å². The van der Waals surface area contributed by atoms with Crippen molar-refractivity contribution >= 4 is 0 Å². The fourth-order valence-corrected chi connectivity index (χ4v) is 2.31. The lowest BCUT2D eigenvalue weighted by molar-refractivity contribution is 0.145. The molecule has 1 aromatic carbocycles. The third kappa shape index (κ3) is 3.73. The van der Waals surface area contributed by atoms with Gasteiger partial charge >= 0.3 is 0 Å². The number of hydrogen-bond acceptors (Lipinski definition) is 3. The van der Waals surface area contributed by atoms with Gasteiger partial charge in [0.15, 0.2) is 5.60 Å². The number of benzene rings is 1. The largest absolute Gasteiger partial charge is 0.369 e. The molecule has 2 aromatic rings. The zero-order chi connectivity index (χ0) is 15.8. The quantitative estimate of drug-likeness (QED) is 0.861. The number of hydrogen-bond donors (Lipinski definition) is 1. The van der Waals surface area contributed by atoms with Crippen LogP contribution in [0.25, 0.3) is 0 Å². The van der Waals surface area contributed by atoms with E-state index in [0.29, 0.717) is 6.54 Å². The molecule has 0 aliphatic carbocycles. The van der Waals surface area contributed by atoms with E-state index in [2.05, 4.69) is 35.6 Å². The normalized spacial score (nSPS) is 13.3. The summed E-state index contributed by atoms with van der Waals surface area (Å²) in [6, 6.07) is 13.2. The number of pyridine rings is 1. The molecule has 1 aromatic heterocycles. The molecule has 0 bridgehead atoms. The molecule has 0 amide bonds. The van der Waals surface area contributed by atoms with Crippen LogP contribution in [0, 0.1) is 11.8 Å². The zero-order valence-electron chi connectivity index (χ0n) is 13.2. The van der Waals surface area contributed by atoms with Crippen LogP contribution in [-0.4, -0.2) is 34.6 Å². The van der Waals surface area contributed by atoms with Crippen LogP contribution in [0.2, 0.25) is 0 Å². The highest BCUT2D eigenvalue weighted by atomic mass is 16.3. The predicted octanol–water partition coefficient (Wildman–Crippen LogP) is 2.66. The van der Waals surface area contributed by atoms with Gasteiger partial charge in [0.2, 0.25) is 0 Å². The average Bonchev–Trinajstić information content (AvgIpc) is 2.60. The Kier molecular flexibility index (Phi) is 5.71. The van der Waals surface area contributed by atoms with Crippen LogP contribution >= 0.6 is 0 Å². The maximum atomic E-state index is 11.2. The summed E-state index contributed by atoms with van der Waals surface area (Å²) < 4.78 is 0. The summed E-state index contributed by atoms with van der Waals surface area (Å²) in [5.74, 6) is 6.19. The lowest BCUT2D eigenvalue weighted by Crippen LogP contribution is -2.27. The van der Waals surface area contributed by atoms with Crippen LogP contribution in [0.4, 0.5) is 0 Å². The molecular formula is C19H22N2O. The highest BCUT2D eigenvalue weighted by molar-refractivity contribution is 5.43. The van der Waals surface area contributed by atoms with Crippen LogP contribution < -0.4 is 0 Å². The van der Waals surface area contributed by atoms with E-state index in [1.54, 1.807) is 24.5 Å². The first-order valence-corrected chi connectivity index (χ1v) is 7.61. The summed E-state index contributed by atoms with van der Waals surface area (Å²) in [4.78, 5) is 6.23. The molecule has 0 spiro atoms. The second-order valence-corrected chi connectivity index (χ2v) is 5.08. The van der Waals surface area contributed by atoms with Gasteiger partial charge in [-0.05, 0) is 25.2 Å². The van der Waals surface area contributed by atoms with E-state index in [-0.39, 0.29) is 0 Å². The summed E-state index contributed by atoms with van der Waals surface area (Å²) in [6.07, 6.45) is 3.35. The molecule has 1 unspecified atom stereocenters. The van der Waals surface area contributed by atoms with Crippen molar-refractivity contribution in [3.63, 3.8) is 0 Å². The standard InChI is InChI=1S/C19H22N2O/c1-3-21(4-2)16-8-13-19(22,17-9-6-5-7-10-17)18-11-14-20-15-12-18/h5-7,9-12,14-15,22H,3-4,16H2,1-2H3. The summed E-state index contributed by atoms with van der Waals surface area (Å²) in [5.41, 5.74) is 0.200. The number of aliphatic hydroxyl groups is 1. The van der Waals surface area contributed by atoms with Crippen LogP contribution in [0.3, 0.4) is 0 Å². The lowest BCUT2D eigenvalue weighted by atomic mass is 9.87. The molecule has 0 radical (unpaired) electrons. The molecule has 0 fully saturated rings. The summed E-state index contributed by atoms with van der Waals surface area (Å²) >= 11 is 0. The Morgan fingerprint density at radius 2 is 1.59 bits per heavy atom. The molecule has 1 heterocycles. The second kappa shape index (κ2) is 7.74. The van der Waals surface area contributed by atoms with Crippen LogP contribution in [-0.2, 0) is 5.60 Å². The molecule has 1 N–H and O–H groups in total. The number of aromatic nitrogens is 1. The van der Waals surface area contributed by atoms with Crippen LogP contribution in [0.15, 0.2) is 54.9 Å². The Morgan fingerprint density at radius 3 is 2.18 bits per heavy atom. The summed E-state index contributed by atoms with van der Waals surface area (Å²) in [6.45, 7) is 6.76. The van der Waals surface area contributed by atoms with Crippen molar-refractivity contribution in [1.82, 2.24) is 9.88 Å². The van der Waals surface area contributed by atoms with Gasteiger partial charge in [0.25, 0.3) is 0 Å². The molecule has 22 heavy (non-hydrogen) atoms. The minimum Gasteiger partial charge on any atom is -0.369 e. The van der Waals surface area contributed by atoms with Crippen LogP contribution in [0.5, 0.6) is 0 Å². The molecule has 0 saturated carbocycles. The van der Waals surface area contributed by atoms with Crippen molar-refractivity contribution in [2.45, 2.75) is 19.4 Å². The molecule has 3 nitrogen and oxygen atoms in total. The van der Waals surface area contributed by atoms with Crippen molar-refractivity contribution in [2.24, 2.45) is 0 Å². The van der Waals surface area contributed by atoms with E-state index in [1.165, 1.54) is 0 Å². The van der Waals surface area contributed by atoms with E-state index >= 15 is 0 Å². The molecular weight excluding hydrogens is 272 g/mol. The van der Waals surface area contributed by atoms with Crippen molar-refractivity contribution < 1.29 is 5.11 Å². The van der Waals surface area contributed by atoms with Crippen molar-refractivity contribution in [3.8, 4) is 11.8 Å². The molecule has 0 aliphatic heterocycles. The fraction of sp³-hybridized carbons (Fsp3) is 0.316. The third-order valence-electron chi connectivity index (χ3n) is 3.76. The second-order valence-electron chi connectivity index (χ2n) is 5.08. The molecule has 114 valence electrons. The van der Waals surface area contributed by atoms with E-state index in [4.69, 9.17) is 0 Å².